The lowest BCUT2D eigenvalue weighted by molar-refractivity contribution is 1.18. The van der Waals surface area contributed by atoms with E-state index in [1.54, 1.807) is 8.93 Å². The summed E-state index contributed by atoms with van der Waals surface area (Å²) >= 11 is 4.63. The Labute approximate surface area is 302 Å². The maximum Gasteiger partial charge on any atom is 0.160 e. The molecule has 0 unspecified atom stereocenters. The standard InChI is InChI=1S/C40H24I2N4S/c41-33-18-13-32(14-19-33)40-45-36(24-37(46-40)29-15-20-34(47-42)21-16-29)28-9-5-26(6-10-28)25-3-7-27(8-4-25)35-22-17-31-12-11-30-2-1-23-43-38(30)39(31)44-35/h1-24H. The van der Waals surface area contributed by atoms with Crippen LogP contribution in [-0.2, 0) is 0 Å². The number of halogens is 2. The number of benzene rings is 5. The van der Waals surface area contributed by atoms with E-state index in [-0.39, 0.29) is 0 Å². The van der Waals surface area contributed by atoms with Gasteiger partial charge in [0.25, 0.3) is 0 Å². The molecule has 8 rings (SSSR count). The zero-order chi connectivity index (χ0) is 31.7. The number of aromatic nitrogens is 4. The van der Waals surface area contributed by atoms with Crippen LogP contribution in [0.2, 0.25) is 0 Å². The fourth-order valence-electron chi connectivity index (χ4n) is 5.70. The third kappa shape index (κ3) is 6.27. The van der Waals surface area contributed by atoms with Crippen molar-refractivity contribution in [2.45, 2.75) is 4.90 Å². The van der Waals surface area contributed by atoms with Crippen LogP contribution >= 0.6 is 52.7 Å². The Morgan fingerprint density at radius 1 is 0.447 bits per heavy atom. The van der Waals surface area contributed by atoms with E-state index in [2.05, 4.69) is 182 Å². The highest BCUT2D eigenvalue weighted by Gasteiger charge is 2.12. The van der Waals surface area contributed by atoms with Crippen LogP contribution in [0.15, 0.2) is 151 Å². The maximum absolute atomic E-state index is 5.02. The Bertz CT molecular complexity index is 2380. The van der Waals surface area contributed by atoms with E-state index in [0.717, 1.165) is 72.3 Å². The molecule has 0 radical (unpaired) electrons. The Morgan fingerprint density at radius 2 is 0.957 bits per heavy atom. The van der Waals surface area contributed by atoms with E-state index in [0.29, 0.717) is 5.82 Å². The molecule has 0 aliphatic rings. The molecule has 224 valence electrons. The fourth-order valence-corrected chi connectivity index (χ4v) is 7.18. The van der Waals surface area contributed by atoms with Gasteiger partial charge in [0.15, 0.2) is 5.82 Å². The summed E-state index contributed by atoms with van der Waals surface area (Å²) in [5, 5.41) is 2.18. The minimum absolute atomic E-state index is 0.715. The SMILES string of the molecule is ISc1ccc(-c2cc(-c3ccc(-c4ccc(-c5ccc6ccc7cccnc7c6n5)cc4)cc3)nc(-c3ccc(I)cc3)n2)cc1. The summed E-state index contributed by atoms with van der Waals surface area (Å²) in [6.07, 6.45) is 1.83. The zero-order valence-corrected chi connectivity index (χ0v) is 29.9. The molecule has 0 N–H and O–H groups in total. The van der Waals surface area contributed by atoms with E-state index >= 15 is 0 Å². The summed E-state index contributed by atoms with van der Waals surface area (Å²) in [5.74, 6) is 0.715. The number of rotatable bonds is 6. The number of fused-ring (bicyclic) bond motifs is 3. The molecular weight excluding hydrogens is 822 g/mol. The molecule has 3 aromatic heterocycles. The Morgan fingerprint density at radius 3 is 1.57 bits per heavy atom. The van der Waals surface area contributed by atoms with Crippen molar-refractivity contribution in [2.75, 3.05) is 0 Å². The summed E-state index contributed by atoms with van der Waals surface area (Å²) in [5.41, 5.74) is 11.0. The van der Waals surface area contributed by atoms with Gasteiger partial charge in [-0.25, -0.2) is 15.0 Å². The van der Waals surface area contributed by atoms with Gasteiger partial charge in [0.1, 0.15) is 0 Å². The molecule has 0 aliphatic carbocycles. The summed E-state index contributed by atoms with van der Waals surface area (Å²) in [7, 11) is 1.70. The quantitative estimate of drug-likeness (QED) is 0.123. The van der Waals surface area contributed by atoms with Crippen LogP contribution < -0.4 is 0 Å². The van der Waals surface area contributed by atoms with Gasteiger partial charge in [0, 0.05) is 68.9 Å². The Hall–Kier alpha value is -4.19. The number of pyridine rings is 2. The summed E-state index contributed by atoms with van der Waals surface area (Å²) < 4.78 is 1.18. The van der Waals surface area contributed by atoms with Gasteiger partial charge in [-0.15, -0.1) is 0 Å². The Kier molecular flexibility index (Phi) is 8.43. The predicted molar refractivity (Wildman–Crippen MR) is 212 cm³/mol. The van der Waals surface area contributed by atoms with E-state index in [1.165, 1.54) is 8.47 Å². The van der Waals surface area contributed by atoms with E-state index in [4.69, 9.17) is 15.0 Å². The molecule has 0 spiro atoms. The first-order valence-electron chi connectivity index (χ1n) is 15.0. The topological polar surface area (TPSA) is 51.6 Å². The van der Waals surface area contributed by atoms with E-state index < -0.39 is 0 Å². The second-order valence-electron chi connectivity index (χ2n) is 11.1. The first-order chi connectivity index (χ1) is 23.1. The van der Waals surface area contributed by atoms with Crippen molar-refractivity contribution in [3.05, 3.63) is 149 Å². The molecule has 0 aliphatic heterocycles. The van der Waals surface area contributed by atoms with Gasteiger partial charge in [0.2, 0.25) is 0 Å². The molecule has 0 atom stereocenters. The summed E-state index contributed by atoms with van der Waals surface area (Å²) in [6, 6.07) is 48.6. The molecule has 0 saturated carbocycles. The van der Waals surface area contributed by atoms with Gasteiger partial charge in [-0.2, -0.15) is 0 Å². The molecule has 0 saturated heterocycles. The van der Waals surface area contributed by atoms with Gasteiger partial charge in [0.05, 0.1) is 28.1 Å². The molecule has 4 nitrogen and oxygen atoms in total. The van der Waals surface area contributed by atoms with Crippen molar-refractivity contribution >= 4 is 74.5 Å². The number of hydrogen-bond donors (Lipinski definition) is 0. The predicted octanol–water partition coefficient (Wildman–Crippen LogP) is 12.0. The average molecular weight is 847 g/mol. The maximum atomic E-state index is 5.02. The van der Waals surface area contributed by atoms with Crippen LogP contribution in [-0.4, -0.2) is 19.9 Å². The summed E-state index contributed by atoms with van der Waals surface area (Å²) in [4.78, 5) is 20.8. The monoisotopic (exact) mass is 846 g/mol. The van der Waals surface area contributed by atoms with Crippen molar-refractivity contribution in [3.8, 4) is 56.3 Å². The van der Waals surface area contributed by atoms with Crippen LogP contribution in [0.5, 0.6) is 0 Å². The highest BCUT2D eigenvalue weighted by atomic mass is 127. The van der Waals surface area contributed by atoms with Gasteiger partial charge < -0.3 is 0 Å². The van der Waals surface area contributed by atoms with E-state index in [1.807, 2.05) is 12.3 Å². The van der Waals surface area contributed by atoms with Crippen molar-refractivity contribution in [3.63, 3.8) is 0 Å². The largest absolute Gasteiger partial charge is 0.254 e. The highest BCUT2D eigenvalue weighted by molar-refractivity contribution is 14.2. The molecule has 0 bridgehead atoms. The molecule has 7 heteroatoms. The second kappa shape index (κ2) is 13.1. The smallest absolute Gasteiger partial charge is 0.160 e. The zero-order valence-electron chi connectivity index (χ0n) is 24.8. The molecule has 5 aromatic carbocycles. The third-order valence-corrected chi connectivity index (χ3v) is 10.9. The lowest BCUT2D eigenvalue weighted by atomic mass is 10.00. The lowest BCUT2D eigenvalue weighted by Gasteiger charge is -2.11. The third-order valence-electron chi connectivity index (χ3n) is 8.19. The number of nitrogens with zero attached hydrogens (tertiary/aromatic N) is 4. The van der Waals surface area contributed by atoms with Crippen LogP contribution in [0.1, 0.15) is 0 Å². The molecule has 0 fully saturated rings. The van der Waals surface area contributed by atoms with Gasteiger partial charge >= 0.3 is 0 Å². The minimum atomic E-state index is 0.715. The minimum Gasteiger partial charge on any atom is -0.254 e. The lowest BCUT2D eigenvalue weighted by Crippen LogP contribution is -1.96. The van der Waals surface area contributed by atoms with E-state index in [9.17, 15) is 0 Å². The van der Waals surface area contributed by atoms with Gasteiger partial charge in [-0.1, -0.05) is 106 Å². The van der Waals surface area contributed by atoms with Crippen molar-refractivity contribution in [1.29, 1.82) is 0 Å². The first kappa shape index (κ1) is 30.2. The molecule has 0 amide bonds. The summed E-state index contributed by atoms with van der Waals surface area (Å²) in [6.45, 7) is 0. The van der Waals surface area contributed by atoms with Gasteiger partial charge in [-0.3, -0.25) is 4.98 Å². The second-order valence-corrected chi connectivity index (χ2v) is 14.3. The van der Waals surface area contributed by atoms with Crippen molar-refractivity contribution in [2.24, 2.45) is 0 Å². The molecule has 47 heavy (non-hydrogen) atoms. The fraction of sp³-hybridized carbons (Fsp3) is 0. The average Bonchev–Trinajstić information content (AvgIpc) is 3.15. The van der Waals surface area contributed by atoms with Crippen molar-refractivity contribution in [1.82, 2.24) is 19.9 Å². The van der Waals surface area contributed by atoms with Gasteiger partial charge in [-0.05, 0) is 76.2 Å². The highest BCUT2D eigenvalue weighted by Crippen LogP contribution is 2.33. The van der Waals surface area contributed by atoms with Crippen LogP contribution in [0, 0.1) is 3.57 Å². The van der Waals surface area contributed by atoms with Crippen LogP contribution in [0.3, 0.4) is 0 Å². The normalized spacial score (nSPS) is 11.3. The van der Waals surface area contributed by atoms with Crippen LogP contribution in [0.25, 0.3) is 78.1 Å². The Balaban J connectivity index is 1.11. The van der Waals surface area contributed by atoms with Crippen LogP contribution in [0.4, 0.5) is 0 Å². The van der Waals surface area contributed by atoms with Crippen molar-refractivity contribution < 1.29 is 0 Å². The molecule has 3 heterocycles. The first-order valence-corrected chi connectivity index (χ1v) is 19.4. The number of hydrogen-bond acceptors (Lipinski definition) is 5. The molecule has 8 aromatic rings. The molecular formula is C40H24I2N4S.